The molecular formula is C16H22N2O4. The van der Waals surface area contributed by atoms with Crippen LogP contribution < -0.4 is 4.74 Å². The van der Waals surface area contributed by atoms with Crippen molar-refractivity contribution in [1.82, 2.24) is 9.80 Å². The Bertz CT molecular complexity index is 525. The van der Waals surface area contributed by atoms with E-state index in [-0.39, 0.29) is 18.6 Å². The Balaban J connectivity index is 1.82. The Morgan fingerprint density at radius 2 is 1.73 bits per heavy atom. The molecule has 1 heterocycles. The topological polar surface area (TPSA) is 59.1 Å². The van der Waals surface area contributed by atoms with Crippen LogP contribution in [0.1, 0.15) is 12.5 Å². The molecule has 0 saturated carbocycles. The van der Waals surface area contributed by atoms with Gasteiger partial charge in [-0.05, 0) is 18.1 Å². The zero-order chi connectivity index (χ0) is 15.9. The summed E-state index contributed by atoms with van der Waals surface area (Å²) in [7, 11) is 1.36. The lowest BCUT2D eigenvalue weighted by atomic mass is 10.1. The number of rotatable bonds is 4. The number of methoxy groups -OCH3 is 1. The number of carbonyl (C=O) groups excluding carboxylic acids is 2. The smallest absolute Gasteiger partial charge is 0.409 e. The van der Waals surface area contributed by atoms with Gasteiger partial charge in [-0.3, -0.25) is 4.79 Å². The van der Waals surface area contributed by atoms with Crippen molar-refractivity contribution < 1.29 is 19.1 Å². The highest BCUT2D eigenvalue weighted by atomic mass is 16.5. The number of hydrogen-bond acceptors (Lipinski definition) is 4. The van der Waals surface area contributed by atoms with Gasteiger partial charge in [-0.1, -0.05) is 25.1 Å². The minimum Gasteiger partial charge on any atom is -0.483 e. The first kappa shape index (κ1) is 16.1. The lowest BCUT2D eigenvalue weighted by Crippen LogP contribution is -2.51. The van der Waals surface area contributed by atoms with Crippen molar-refractivity contribution in [1.29, 1.82) is 0 Å². The summed E-state index contributed by atoms with van der Waals surface area (Å²) in [6, 6.07) is 7.73. The third kappa shape index (κ3) is 3.90. The number of para-hydroxylation sites is 1. The molecule has 0 atom stereocenters. The number of piperazine rings is 1. The average molecular weight is 306 g/mol. The van der Waals surface area contributed by atoms with Gasteiger partial charge in [-0.15, -0.1) is 0 Å². The molecule has 0 radical (unpaired) electrons. The van der Waals surface area contributed by atoms with Crippen LogP contribution in [0, 0.1) is 0 Å². The molecule has 6 heteroatoms. The minimum absolute atomic E-state index is 0.0231. The van der Waals surface area contributed by atoms with Crippen LogP contribution in [-0.4, -0.2) is 61.7 Å². The van der Waals surface area contributed by atoms with Gasteiger partial charge in [0, 0.05) is 26.2 Å². The van der Waals surface area contributed by atoms with Crippen molar-refractivity contribution in [3.8, 4) is 5.75 Å². The fourth-order valence-corrected chi connectivity index (χ4v) is 2.44. The third-order valence-electron chi connectivity index (χ3n) is 3.77. The van der Waals surface area contributed by atoms with Crippen LogP contribution in [0.5, 0.6) is 5.75 Å². The summed E-state index contributed by atoms with van der Waals surface area (Å²) in [5.74, 6) is 0.696. The Hall–Kier alpha value is -2.24. The molecule has 0 bridgehead atoms. The van der Waals surface area contributed by atoms with E-state index < -0.39 is 0 Å². The second-order valence-electron chi connectivity index (χ2n) is 5.09. The van der Waals surface area contributed by atoms with Gasteiger partial charge in [0.2, 0.25) is 0 Å². The van der Waals surface area contributed by atoms with E-state index in [1.807, 2.05) is 24.3 Å². The molecule has 0 aromatic heterocycles. The first-order valence-corrected chi connectivity index (χ1v) is 7.47. The summed E-state index contributed by atoms with van der Waals surface area (Å²) in [4.78, 5) is 26.9. The maximum atomic E-state index is 12.2. The van der Waals surface area contributed by atoms with Gasteiger partial charge in [-0.2, -0.15) is 0 Å². The summed E-state index contributed by atoms with van der Waals surface area (Å²) in [6.45, 7) is 4.07. The van der Waals surface area contributed by atoms with Crippen molar-refractivity contribution >= 4 is 12.0 Å². The minimum atomic E-state index is -0.347. The van der Waals surface area contributed by atoms with Crippen LogP contribution in [0.2, 0.25) is 0 Å². The van der Waals surface area contributed by atoms with Crippen LogP contribution in [0.3, 0.4) is 0 Å². The molecule has 22 heavy (non-hydrogen) atoms. The van der Waals surface area contributed by atoms with Gasteiger partial charge >= 0.3 is 6.09 Å². The van der Waals surface area contributed by atoms with Crippen molar-refractivity contribution in [2.45, 2.75) is 13.3 Å². The molecule has 120 valence electrons. The lowest BCUT2D eigenvalue weighted by molar-refractivity contribution is -0.134. The van der Waals surface area contributed by atoms with E-state index in [9.17, 15) is 9.59 Å². The number of aryl methyl sites for hydroxylation is 1. The number of carbonyl (C=O) groups is 2. The monoisotopic (exact) mass is 306 g/mol. The van der Waals surface area contributed by atoms with E-state index >= 15 is 0 Å². The van der Waals surface area contributed by atoms with E-state index in [0.717, 1.165) is 17.7 Å². The fraction of sp³-hybridized carbons (Fsp3) is 0.500. The predicted molar refractivity (Wildman–Crippen MR) is 81.9 cm³/mol. The molecule has 2 rings (SSSR count). The molecule has 1 aromatic rings. The number of ether oxygens (including phenoxy) is 2. The fourth-order valence-electron chi connectivity index (χ4n) is 2.44. The molecule has 1 aliphatic rings. The highest BCUT2D eigenvalue weighted by Crippen LogP contribution is 2.18. The van der Waals surface area contributed by atoms with Gasteiger partial charge in [0.25, 0.3) is 5.91 Å². The molecular weight excluding hydrogens is 284 g/mol. The Labute approximate surface area is 130 Å². The summed E-state index contributed by atoms with van der Waals surface area (Å²) in [5, 5.41) is 0. The molecule has 1 fully saturated rings. The summed E-state index contributed by atoms with van der Waals surface area (Å²) in [6.07, 6.45) is 0.516. The van der Waals surface area contributed by atoms with E-state index in [1.54, 1.807) is 9.80 Å². The van der Waals surface area contributed by atoms with E-state index in [2.05, 4.69) is 11.7 Å². The van der Waals surface area contributed by atoms with Gasteiger partial charge < -0.3 is 19.3 Å². The van der Waals surface area contributed by atoms with Gasteiger partial charge in [0.15, 0.2) is 6.61 Å². The highest BCUT2D eigenvalue weighted by molar-refractivity contribution is 5.78. The molecule has 0 N–H and O–H groups in total. The SMILES string of the molecule is CCc1ccccc1OCC(=O)N1CCN(C(=O)OC)CC1. The Morgan fingerprint density at radius 3 is 2.36 bits per heavy atom. The van der Waals surface area contributed by atoms with Crippen LogP contribution in [-0.2, 0) is 16.0 Å². The largest absolute Gasteiger partial charge is 0.483 e. The first-order chi connectivity index (χ1) is 10.7. The average Bonchev–Trinajstić information content (AvgIpc) is 2.59. The van der Waals surface area contributed by atoms with Crippen LogP contribution in [0.4, 0.5) is 4.79 Å². The van der Waals surface area contributed by atoms with Crippen molar-refractivity contribution in [2.75, 3.05) is 39.9 Å². The zero-order valence-electron chi connectivity index (χ0n) is 13.1. The van der Waals surface area contributed by atoms with Gasteiger partial charge in [-0.25, -0.2) is 4.79 Å². The molecule has 6 nitrogen and oxygen atoms in total. The zero-order valence-corrected chi connectivity index (χ0v) is 13.1. The van der Waals surface area contributed by atoms with E-state index in [0.29, 0.717) is 26.2 Å². The van der Waals surface area contributed by atoms with Crippen LogP contribution in [0.25, 0.3) is 0 Å². The van der Waals surface area contributed by atoms with Crippen molar-refractivity contribution in [3.63, 3.8) is 0 Å². The van der Waals surface area contributed by atoms with Gasteiger partial charge in [0.1, 0.15) is 5.75 Å². The maximum absolute atomic E-state index is 12.2. The Kier molecular flexibility index (Phi) is 5.63. The number of hydrogen-bond donors (Lipinski definition) is 0. The van der Waals surface area contributed by atoms with Crippen molar-refractivity contribution in [2.24, 2.45) is 0 Å². The van der Waals surface area contributed by atoms with Gasteiger partial charge in [0.05, 0.1) is 7.11 Å². The highest BCUT2D eigenvalue weighted by Gasteiger charge is 2.24. The number of amides is 2. The molecule has 0 aliphatic carbocycles. The molecule has 0 spiro atoms. The summed E-state index contributed by atoms with van der Waals surface area (Å²) >= 11 is 0. The molecule has 2 amide bonds. The second-order valence-corrected chi connectivity index (χ2v) is 5.09. The second kappa shape index (κ2) is 7.68. The van der Waals surface area contributed by atoms with Crippen LogP contribution in [0.15, 0.2) is 24.3 Å². The number of nitrogens with zero attached hydrogens (tertiary/aromatic N) is 2. The summed E-state index contributed by atoms with van der Waals surface area (Å²) in [5.41, 5.74) is 1.09. The summed E-state index contributed by atoms with van der Waals surface area (Å²) < 4.78 is 10.3. The van der Waals surface area contributed by atoms with Crippen LogP contribution >= 0.6 is 0 Å². The Morgan fingerprint density at radius 1 is 1.09 bits per heavy atom. The van der Waals surface area contributed by atoms with E-state index in [1.165, 1.54) is 7.11 Å². The number of benzene rings is 1. The third-order valence-corrected chi connectivity index (χ3v) is 3.77. The van der Waals surface area contributed by atoms with E-state index in [4.69, 9.17) is 4.74 Å². The normalized spacial score (nSPS) is 14.6. The molecule has 0 unspecified atom stereocenters. The molecule has 1 saturated heterocycles. The quantitative estimate of drug-likeness (QED) is 0.846. The first-order valence-electron chi connectivity index (χ1n) is 7.47. The predicted octanol–water partition coefficient (Wildman–Crippen LogP) is 1.54. The molecule has 1 aromatic carbocycles. The maximum Gasteiger partial charge on any atom is 0.409 e. The molecule has 1 aliphatic heterocycles. The lowest BCUT2D eigenvalue weighted by Gasteiger charge is -2.33. The van der Waals surface area contributed by atoms with Crippen molar-refractivity contribution in [3.05, 3.63) is 29.8 Å². The standard InChI is InChI=1S/C16H22N2O4/c1-3-13-6-4-5-7-14(13)22-12-15(19)17-8-10-18(11-9-17)16(20)21-2/h4-7H,3,8-12H2,1-2H3.